The number of hydrogen-bond donors (Lipinski definition) is 2. The lowest BCUT2D eigenvalue weighted by molar-refractivity contribution is 0.251. The van der Waals surface area contributed by atoms with Crippen LogP contribution in [0, 0.1) is 6.92 Å². The van der Waals surface area contributed by atoms with Gasteiger partial charge in [0.05, 0.1) is 22.9 Å². The zero-order chi connectivity index (χ0) is 24.1. The number of rotatable bonds is 7. The second-order valence-electron chi connectivity index (χ2n) is 7.40. The number of nitrogens with zero attached hydrogens (tertiary/aromatic N) is 3. The number of urea groups is 1. The first kappa shape index (κ1) is 24.6. The molecule has 10 heteroatoms. The van der Waals surface area contributed by atoms with Crippen LogP contribution in [0.25, 0.3) is 5.69 Å². The molecule has 0 unspecified atom stereocenters. The third-order valence-electron chi connectivity index (χ3n) is 4.83. The van der Waals surface area contributed by atoms with Crippen LogP contribution in [0.4, 0.5) is 10.5 Å². The van der Waals surface area contributed by atoms with Gasteiger partial charge in [-0.3, -0.25) is 4.57 Å². The largest absolute Gasteiger partial charge is 0.331 e. The van der Waals surface area contributed by atoms with Crippen LogP contribution in [0.15, 0.2) is 76.4 Å². The lowest BCUT2D eigenvalue weighted by Gasteiger charge is -2.13. The minimum absolute atomic E-state index is 0.136. The third-order valence-corrected chi connectivity index (χ3v) is 7.08. The van der Waals surface area contributed by atoms with Crippen molar-refractivity contribution in [1.29, 1.82) is 0 Å². The molecule has 0 fully saturated rings. The van der Waals surface area contributed by atoms with Crippen LogP contribution in [0.2, 0.25) is 10.0 Å². The number of nitrogens with one attached hydrogen (secondary N) is 2. The van der Waals surface area contributed by atoms with Crippen LogP contribution in [-0.4, -0.2) is 20.8 Å². The van der Waals surface area contributed by atoms with E-state index in [0.29, 0.717) is 38.2 Å². The van der Waals surface area contributed by atoms with Crippen molar-refractivity contribution in [3.05, 3.63) is 98.2 Å². The molecular formula is C24H20BrCl2N5OS. The maximum Gasteiger partial charge on any atom is 0.319 e. The molecular weight excluding hydrogens is 557 g/mol. The Kier molecular flexibility index (Phi) is 8.15. The molecule has 34 heavy (non-hydrogen) atoms. The van der Waals surface area contributed by atoms with Gasteiger partial charge in [0.25, 0.3) is 0 Å². The molecule has 2 amide bonds. The molecule has 0 aliphatic heterocycles. The fourth-order valence-electron chi connectivity index (χ4n) is 3.25. The summed E-state index contributed by atoms with van der Waals surface area (Å²) in [5, 5.41) is 16.0. The Labute approximate surface area is 220 Å². The minimum atomic E-state index is -0.368. The summed E-state index contributed by atoms with van der Waals surface area (Å²) in [6.07, 6.45) is 0. The first-order valence-corrected chi connectivity index (χ1v) is 12.8. The Morgan fingerprint density at radius 3 is 2.68 bits per heavy atom. The molecule has 0 saturated heterocycles. The molecule has 1 aromatic heterocycles. The van der Waals surface area contributed by atoms with Crippen LogP contribution in [0.3, 0.4) is 0 Å². The van der Waals surface area contributed by atoms with Crippen LogP contribution >= 0.6 is 50.9 Å². The highest BCUT2D eigenvalue weighted by Crippen LogP contribution is 2.31. The van der Waals surface area contributed by atoms with Gasteiger partial charge in [0.15, 0.2) is 11.0 Å². The number of aromatic nitrogens is 3. The predicted octanol–water partition coefficient (Wildman–Crippen LogP) is 7.26. The number of thioether (sulfide) groups is 1. The quantitative estimate of drug-likeness (QED) is 0.227. The van der Waals surface area contributed by atoms with E-state index in [1.54, 1.807) is 24.3 Å². The van der Waals surface area contributed by atoms with E-state index in [0.717, 1.165) is 4.47 Å². The third kappa shape index (κ3) is 6.13. The molecule has 0 radical (unpaired) electrons. The van der Waals surface area contributed by atoms with Gasteiger partial charge in [0.2, 0.25) is 0 Å². The summed E-state index contributed by atoms with van der Waals surface area (Å²) in [7, 11) is 0. The molecule has 0 saturated carbocycles. The zero-order valence-electron chi connectivity index (χ0n) is 18.1. The Morgan fingerprint density at radius 2 is 1.88 bits per heavy atom. The van der Waals surface area contributed by atoms with Gasteiger partial charge in [-0.1, -0.05) is 76.9 Å². The highest BCUT2D eigenvalue weighted by atomic mass is 79.9. The second kappa shape index (κ2) is 11.3. The molecule has 6 nitrogen and oxygen atoms in total. The first-order valence-electron chi connectivity index (χ1n) is 10.3. The maximum atomic E-state index is 12.5. The van der Waals surface area contributed by atoms with E-state index < -0.39 is 0 Å². The molecule has 4 rings (SSSR count). The lowest BCUT2D eigenvalue weighted by Crippen LogP contribution is -2.29. The van der Waals surface area contributed by atoms with Crippen molar-refractivity contribution in [2.45, 2.75) is 24.4 Å². The van der Waals surface area contributed by atoms with Crippen molar-refractivity contribution in [3.63, 3.8) is 0 Å². The van der Waals surface area contributed by atoms with Crippen LogP contribution in [0.5, 0.6) is 0 Å². The Bertz CT molecular complexity index is 1330. The highest BCUT2D eigenvalue weighted by Gasteiger charge is 2.18. The van der Waals surface area contributed by atoms with E-state index in [-0.39, 0.29) is 12.6 Å². The van der Waals surface area contributed by atoms with Crippen molar-refractivity contribution >= 4 is 62.6 Å². The number of anilines is 1. The number of carbonyl (C=O) groups is 1. The number of aryl methyl sites for hydroxylation is 1. The van der Waals surface area contributed by atoms with E-state index in [2.05, 4.69) is 61.9 Å². The summed E-state index contributed by atoms with van der Waals surface area (Å²) < 4.78 is 2.61. The summed E-state index contributed by atoms with van der Waals surface area (Å²) in [6.45, 7) is 2.20. The summed E-state index contributed by atoms with van der Waals surface area (Å²) in [5.41, 5.74) is 3.67. The van der Waals surface area contributed by atoms with E-state index in [1.807, 2.05) is 28.8 Å². The van der Waals surface area contributed by atoms with Gasteiger partial charge in [0.1, 0.15) is 0 Å². The molecule has 0 atom stereocenters. The minimum Gasteiger partial charge on any atom is -0.331 e. The average Bonchev–Trinajstić information content (AvgIpc) is 3.22. The van der Waals surface area contributed by atoms with Crippen molar-refractivity contribution in [1.82, 2.24) is 20.1 Å². The number of amides is 2. The van der Waals surface area contributed by atoms with Crippen LogP contribution in [-0.2, 0) is 12.3 Å². The lowest BCUT2D eigenvalue weighted by atomic mass is 10.2. The van der Waals surface area contributed by atoms with E-state index in [9.17, 15) is 4.79 Å². The number of hydrogen-bond acceptors (Lipinski definition) is 4. The molecule has 0 aliphatic carbocycles. The monoisotopic (exact) mass is 575 g/mol. The van der Waals surface area contributed by atoms with Crippen molar-refractivity contribution in [2.24, 2.45) is 0 Å². The van der Waals surface area contributed by atoms with E-state index in [1.165, 1.54) is 22.9 Å². The number of halogens is 3. The summed E-state index contributed by atoms with van der Waals surface area (Å²) in [5.74, 6) is 1.23. The molecule has 3 aromatic carbocycles. The topological polar surface area (TPSA) is 71.8 Å². The van der Waals surface area contributed by atoms with Crippen LogP contribution in [0.1, 0.15) is 17.0 Å². The number of benzene rings is 3. The highest BCUT2D eigenvalue weighted by molar-refractivity contribution is 9.10. The van der Waals surface area contributed by atoms with Crippen molar-refractivity contribution < 1.29 is 4.79 Å². The molecule has 0 bridgehead atoms. The van der Waals surface area contributed by atoms with Crippen molar-refractivity contribution in [3.8, 4) is 5.69 Å². The van der Waals surface area contributed by atoms with Crippen molar-refractivity contribution in [2.75, 3.05) is 5.32 Å². The first-order chi connectivity index (χ1) is 16.4. The standard InChI is InChI=1S/C24H20BrCl2N5OS/c1-15-5-4-6-16(11-15)14-34-24-31-30-22(32(24)21-12-17(26)9-10-19(21)27)13-28-23(33)29-20-8-3-2-7-18(20)25/h2-12H,13-14H2,1H3,(H2,28,29,33). The Morgan fingerprint density at radius 1 is 1.06 bits per heavy atom. The van der Waals surface area contributed by atoms with Gasteiger partial charge >= 0.3 is 6.03 Å². The summed E-state index contributed by atoms with van der Waals surface area (Å²) in [6, 6.07) is 20.5. The molecule has 1 heterocycles. The number of para-hydroxylation sites is 1. The molecule has 0 aliphatic rings. The second-order valence-corrected chi connectivity index (χ2v) is 10.0. The maximum absolute atomic E-state index is 12.5. The fourth-order valence-corrected chi connectivity index (χ4v) is 4.90. The average molecular weight is 577 g/mol. The number of carbonyl (C=O) groups excluding carboxylic acids is 1. The molecule has 174 valence electrons. The van der Waals surface area contributed by atoms with Gasteiger partial charge in [-0.25, -0.2) is 4.79 Å². The zero-order valence-corrected chi connectivity index (χ0v) is 22.0. The molecule has 2 N–H and O–H groups in total. The van der Waals surface area contributed by atoms with Gasteiger partial charge in [-0.15, -0.1) is 10.2 Å². The summed E-state index contributed by atoms with van der Waals surface area (Å²) >= 11 is 17.7. The predicted molar refractivity (Wildman–Crippen MR) is 142 cm³/mol. The van der Waals surface area contributed by atoms with Crippen LogP contribution < -0.4 is 10.6 Å². The SMILES string of the molecule is Cc1cccc(CSc2nnc(CNC(=O)Nc3ccccc3Br)n2-c2cc(Cl)ccc2Cl)c1. The van der Waals surface area contributed by atoms with E-state index in [4.69, 9.17) is 23.2 Å². The van der Waals surface area contributed by atoms with Gasteiger partial charge in [0, 0.05) is 15.2 Å². The van der Waals surface area contributed by atoms with E-state index >= 15 is 0 Å². The van der Waals surface area contributed by atoms with Gasteiger partial charge in [-0.2, -0.15) is 0 Å². The van der Waals surface area contributed by atoms with Gasteiger partial charge < -0.3 is 10.6 Å². The summed E-state index contributed by atoms with van der Waals surface area (Å²) in [4.78, 5) is 12.5. The van der Waals surface area contributed by atoms with Gasteiger partial charge in [-0.05, 0) is 58.7 Å². The normalized spacial score (nSPS) is 10.8. The molecule has 0 spiro atoms. The molecule has 4 aromatic rings. The Hall–Kier alpha value is -2.52. The smallest absolute Gasteiger partial charge is 0.319 e. The fraction of sp³-hybridized carbons (Fsp3) is 0.125. The Balaban J connectivity index is 1.57.